The van der Waals surface area contributed by atoms with Gasteiger partial charge in [-0.15, -0.1) is 0 Å². The minimum atomic E-state index is -1.13. The number of aliphatic hydroxyl groups is 2. The molecule has 0 spiro atoms. The fourth-order valence-electron chi connectivity index (χ4n) is 1.20. The Morgan fingerprint density at radius 3 is 2.82 bits per heavy atom. The Morgan fingerprint density at radius 2 is 2.24 bits per heavy atom. The number of carbonyl (C=O) groups is 1. The number of rotatable bonds is 5. The van der Waals surface area contributed by atoms with E-state index in [0.717, 1.165) is 11.8 Å². The number of pyridine rings is 1. The van der Waals surface area contributed by atoms with Gasteiger partial charge in [-0.3, -0.25) is 4.79 Å². The molecule has 6 heteroatoms. The molecule has 1 aromatic heterocycles. The van der Waals surface area contributed by atoms with Crippen molar-refractivity contribution in [3.05, 3.63) is 23.9 Å². The Hall–Kier alpha value is -1.11. The topological polar surface area (TPSA) is 79.6 Å². The summed E-state index contributed by atoms with van der Waals surface area (Å²) in [4.78, 5) is 14.8. The molecule has 0 aliphatic heterocycles. The SMILES string of the molecule is COc1cccc(C(O)C(O)CSC(C)=O)n1. The van der Waals surface area contributed by atoms with E-state index in [1.807, 2.05) is 0 Å². The van der Waals surface area contributed by atoms with Crippen molar-refractivity contribution in [2.45, 2.75) is 19.1 Å². The Bertz CT molecular complexity index is 385. The van der Waals surface area contributed by atoms with Crippen LogP contribution in [0.1, 0.15) is 18.7 Å². The van der Waals surface area contributed by atoms with Crippen molar-refractivity contribution in [1.82, 2.24) is 4.98 Å². The minimum absolute atomic E-state index is 0.102. The summed E-state index contributed by atoms with van der Waals surface area (Å²) in [5.41, 5.74) is 0.320. The predicted molar refractivity (Wildman–Crippen MR) is 64.9 cm³/mol. The maximum Gasteiger partial charge on any atom is 0.213 e. The summed E-state index contributed by atoms with van der Waals surface area (Å²) < 4.78 is 4.92. The minimum Gasteiger partial charge on any atom is -0.481 e. The number of aliphatic hydroxyl groups excluding tert-OH is 2. The van der Waals surface area contributed by atoms with Gasteiger partial charge in [0.05, 0.1) is 18.9 Å². The van der Waals surface area contributed by atoms with Gasteiger partial charge in [0, 0.05) is 18.7 Å². The molecule has 0 aromatic carbocycles. The van der Waals surface area contributed by atoms with E-state index in [-0.39, 0.29) is 10.9 Å². The summed E-state index contributed by atoms with van der Waals surface area (Å²) in [5, 5.41) is 19.4. The highest BCUT2D eigenvalue weighted by Gasteiger charge is 2.20. The van der Waals surface area contributed by atoms with Crippen LogP contribution in [-0.2, 0) is 4.79 Å². The lowest BCUT2D eigenvalue weighted by atomic mass is 10.1. The smallest absolute Gasteiger partial charge is 0.213 e. The van der Waals surface area contributed by atoms with Crippen LogP contribution in [0, 0.1) is 0 Å². The number of aromatic nitrogens is 1. The van der Waals surface area contributed by atoms with Crippen LogP contribution < -0.4 is 4.74 Å². The predicted octanol–water partition coefficient (Wildman–Crippen LogP) is 0.764. The maximum absolute atomic E-state index is 10.7. The fourth-order valence-corrected chi connectivity index (χ4v) is 1.79. The van der Waals surface area contributed by atoms with E-state index in [9.17, 15) is 15.0 Å². The Kier molecular flexibility index (Phi) is 5.40. The van der Waals surface area contributed by atoms with Gasteiger partial charge in [-0.2, -0.15) is 0 Å². The lowest BCUT2D eigenvalue weighted by Gasteiger charge is -2.16. The second kappa shape index (κ2) is 6.58. The Balaban J connectivity index is 2.66. The summed E-state index contributed by atoms with van der Waals surface area (Å²) in [7, 11) is 1.47. The molecule has 0 saturated heterocycles. The number of thioether (sulfide) groups is 1. The molecule has 0 radical (unpaired) electrons. The second-order valence-electron chi connectivity index (χ2n) is 3.42. The van der Waals surface area contributed by atoms with E-state index < -0.39 is 12.2 Å². The highest BCUT2D eigenvalue weighted by atomic mass is 32.2. The zero-order valence-corrected chi connectivity index (χ0v) is 10.5. The third-order valence-corrected chi connectivity index (χ3v) is 2.99. The van der Waals surface area contributed by atoms with Crippen LogP contribution in [0.3, 0.4) is 0 Å². The monoisotopic (exact) mass is 257 g/mol. The molecule has 0 aliphatic rings. The summed E-state index contributed by atoms with van der Waals surface area (Å²) in [6.45, 7) is 1.41. The van der Waals surface area contributed by atoms with Gasteiger partial charge < -0.3 is 14.9 Å². The van der Waals surface area contributed by atoms with Crippen LogP contribution in [-0.4, -0.2) is 39.3 Å². The van der Waals surface area contributed by atoms with E-state index >= 15 is 0 Å². The van der Waals surface area contributed by atoms with Crippen LogP contribution in [0.2, 0.25) is 0 Å². The van der Waals surface area contributed by atoms with Crippen molar-refractivity contribution >= 4 is 16.9 Å². The van der Waals surface area contributed by atoms with Crippen molar-refractivity contribution in [3.63, 3.8) is 0 Å². The van der Waals surface area contributed by atoms with E-state index in [2.05, 4.69) is 4.98 Å². The molecule has 94 valence electrons. The summed E-state index contributed by atoms with van der Waals surface area (Å²) in [6.07, 6.45) is -2.17. The quantitative estimate of drug-likeness (QED) is 0.811. The molecular weight excluding hydrogens is 242 g/mol. The van der Waals surface area contributed by atoms with E-state index in [0.29, 0.717) is 11.6 Å². The summed E-state index contributed by atoms with van der Waals surface area (Å²) in [6, 6.07) is 4.91. The molecule has 2 unspecified atom stereocenters. The molecule has 17 heavy (non-hydrogen) atoms. The fraction of sp³-hybridized carbons (Fsp3) is 0.455. The first-order valence-corrected chi connectivity index (χ1v) is 6.03. The first-order chi connectivity index (χ1) is 8.04. The summed E-state index contributed by atoms with van der Waals surface area (Å²) in [5.74, 6) is 0.503. The molecule has 1 aromatic rings. The van der Waals surface area contributed by atoms with Crippen LogP contribution in [0.15, 0.2) is 18.2 Å². The number of ether oxygens (including phenoxy) is 1. The molecule has 0 amide bonds. The van der Waals surface area contributed by atoms with Gasteiger partial charge in [0.25, 0.3) is 0 Å². The highest BCUT2D eigenvalue weighted by Crippen LogP contribution is 2.20. The standard InChI is InChI=1S/C11H15NO4S/c1-7(13)17-6-9(14)11(15)8-4-3-5-10(12-8)16-2/h3-5,9,11,14-15H,6H2,1-2H3. The van der Waals surface area contributed by atoms with Gasteiger partial charge in [0.15, 0.2) is 5.12 Å². The van der Waals surface area contributed by atoms with E-state index in [1.165, 1.54) is 14.0 Å². The molecule has 0 bridgehead atoms. The number of hydrogen-bond acceptors (Lipinski definition) is 6. The number of methoxy groups -OCH3 is 1. The van der Waals surface area contributed by atoms with Crippen molar-refractivity contribution in [3.8, 4) is 5.88 Å². The van der Waals surface area contributed by atoms with Crippen LogP contribution >= 0.6 is 11.8 Å². The van der Waals surface area contributed by atoms with Crippen LogP contribution in [0.4, 0.5) is 0 Å². The molecule has 2 atom stereocenters. The number of carbonyl (C=O) groups excluding carboxylic acids is 1. The number of nitrogens with zero attached hydrogens (tertiary/aromatic N) is 1. The Morgan fingerprint density at radius 1 is 1.53 bits per heavy atom. The molecule has 0 saturated carbocycles. The first kappa shape index (κ1) is 14.0. The third-order valence-electron chi connectivity index (χ3n) is 2.08. The average Bonchev–Trinajstić information content (AvgIpc) is 2.35. The normalized spacial score (nSPS) is 14.1. The summed E-state index contributed by atoms with van der Waals surface area (Å²) >= 11 is 0.964. The molecule has 2 N–H and O–H groups in total. The number of hydrogen-bond donors (Lipinski definition) is 2. The lowest BCUT2D eigenvalue weighted by Crippen LogP contribution is -2.22. The van der Waals surface area contributed by atoms with Crippen molar-refractivity contribution < 1.29 is 19.7 Å². The van der Waals surface area contributed by atoms with Gasteiger partial charge in [-0.25, -0.2) is 4.98 Å². The molecule has 0 aliphatic carbocycles. The highest BCUT2D eigenvalue weighted by molar-refractivity contribution is 8.13. The molecule has 1 heterocycles. The van der Waals surface area contributed by atoms with Crippen molar-refractivity contribution in [2.24, 2.45) is 0 Å². The van der Waals surface area contributed by atoms with E-state index in [4.69, 9.17) is 4.74 Å². The molecular formula is C11H15NO4S. The van der Waals surface area contributed by atoms with Crippen LogP contribution in [0.5, 0.6) is 5.88 Å². The van der Waals surface area contributed by atoms with Crippen LogP contribution in [0.25, 0.3) is 0 Å². The Labute approximate surface area is 104 Å². The zero-order valence-electron chi connectivity index (χ0n) is 9.66. The van der Waals surface area contributed by atoms with Gasteiger partial charge in [-0.1, -0.05) is 17.8 Å². The third kappa shape index (κ3) is 4.33. The average molecular weight is 257 g/mol. The first-order valence-electron chi connectivity index (χ1n) is 5.05. The lowest BCUT2D eigenvalue weighted by molar-refractivity contribution is -0.109. The van der Waals surface area contributed by atoms with E-state index in [1.54, 1.807) is 18.2 Å². The molecule has 1 rings (SSSR count). The van der Waals surface area contributed by atoms with Gasteiger partial charge in [0.1, 0.15) is 6.10 Å². The molecule has 5 nitrogen and oxygen atoms in total. The molecule has 0 fully saturated rings. The zero-order chi connectivity index (χ0) is 12.8. The maximum atomic E-state index is 10.7. The van der Waals surface area contributed by atoms with Crippen molar-refractivity contribution in [2.75, 3.05) is 12.9 Å². The van der Waals surface area contributed by atoms with Gasteiger partial charge >= 0.3 is 0 Å². The largest absolute Gasteiger partial charge is 0.481 e. The second-order valence-corrected chi connectivity index (χ2v) is 4.62. The van der Waals surface area contributed by atoms with Gasteiger partial charge in [0.2, 0.25) is 5.88 Å². The van der Waals surface area contributed by atoms with Crippen molar-refractivity contribution in [1.29, 1.82) is 0 Å². The van der Waals surface area contributed by atoms with Gasteiger partial charge in [-0.05, 0) is 6.07 Å².